The Kier molecular flexibility index (Phi) is 5.03. The van der Waals surface area contributed by atoms with Crippen molar-refractivity contribution >= 4 is 13.1 Å². The van der Waals surface area contributed by atoms with Crippen LogP contribution in [0.25, 0.3) is 0 Å². The van der Waals surface area contributed by atoms with E-state index in [0.29, 0.717) is 12.5 Å². The van der Waals surface area contributed by atoms with Crippen LogP contribution in [-0.2, 0) is 18.8 Å². The number of esters is 1. The predicted octanol–water partition coefficient (Wildman–Crippen LogP) is 3.93. The van der Waals surface area contributed by atoms with Crippen LogP contribution in [0.15, 0.2) is 11.5 Å². The molecule has 2 rings (SSSR count). The molecule has 0 aromatic rings. The summed E-state index contributed by atoms with van der Waals surface area (Å²) in [7, 11) is -0.258. The molecule has 1 saturated heterocycles. The molecule has 0 bridgehead atoms. The van der Waals surface area contributed by atoms with Crippen molar-refractivity contribution in [2.45, 2.75) is 78.9 Å². The van der Waals surface area contributed by atoms with Gasteiger partial charge in [0.05, 0.1) is 23.2 Å². The predicted molar refractivity (Wildman–Crippen MR) is 91.9 cm³/mol. The molecule has 2 aliphatic rings. The lowest BCUT2D eigenvalue weighted by molar-refractivity contribution is -0.156. The molecular formula is C18H31BO4. The van der Waals surface area contributed by atoms with Gasteiger partial charge < -0.3 is 14.0 Å². The van der Waals surface area contributed by atoms with Crippen LogP contribution in [-0.4, -0.2) is 30.9 Å². The van der Waals surface area contributed by atoms with Gasteiger partial charge in [-0.25, -0.2) is 0 Å². The summed E-state index contributed by atoms with van der Waals surface area (Å²) in [6.07, 6.45) is 4.94. The van der Waals surface area contributed by atoms with Crippen LogP contribution in [0.2, 0.25) is 0 Å². The van der Waals surface area contributed by atoms with Crippen molar-refractivity contribution in [1.82, 2.24) is 0 Å². The van der Waals surface area contributed by atoms with E-state index in [9.17, 15) is 4.79 Å². The number of hydrogen-bond acceptors (Lipinski definition) is 4. The monoisotopic (exact) mass is 322 g/mol. The maximum Gasteiger partial charge on any atom is 0.490 e. The SMILES string of the molecule is CCOC(=O)C(C)(C)C1CC=C(B2OC(C)(C)C(C)(C)O2)CC1. The third-order valence-corrected chi connectivity index (χ3v) is 5.82. The lowest BCUT2D eigenvalue weighted by Crippen LogP contribution is -2.41. The Balaban J connectivity index is 2.04. The second kappa shape index (κ2) is 6.25. The molecule has 0 aromatic carbocycles. The van der Waals surface area contributed by atoms with Crippen LogP contribution in [0.3, 0.4) is 0 Å². The van der Waals surface area contributed by atoms with Gasteiger partial charge in [0.15, 0.2) is 0 Å². The van der Waals surface area contributed by atoms with Crippen molar-refractivity contribution in [3.8, 4) is 0 Å². The summed E-state index contributed by atoms with van der Waals surface area (Å²) in [6, 6.07) is 0. The highest BCUT2D eigenvalue weighted by atomic mass is 16.7. The zero-order chi connectivity index (χ0) is 17.5. The van der Waals surface area contributed by atoms with Crippen molar-refractivity contribution < 1.29 is 18.8 Å². The fourth-order valence-corrected chi connectivity index (χ4v) is 3.20. The van der Waals surface area contributed by atoms with Crippen molar-refractivity contribution in [2.75, 3.05) is 6.61 Å². The molecule has 0 saturated carbocycles. The summed E-state index contributed by atoms with van der Waals surface area (Å²) in [5.41, 5.74) is 0.146. The van der Waals surface area contributed by atoms with Crippen molar-refractivity contribution in [1.29, 1.82) is 0 Å². The van der Waals surface area contributed by atoms with Gasteiger partial charge in [-0.05, 0) is 79.1 Å². The lowest BCUT2D eigenvalue weighted by atomic mass is 9.65. The molecular weight excluding hydrogens is 291 g/mol. The van der Waals surface area contributed by atoms with Gasteiger partial charge in [0.25, 0.3) is 0 Å². The molecule has 1 aliphatic carbocycles. The van der Waals surface area contributed by atoms with E-state index in [1.54, 1.807) is 0 Å². The first-order valence-electron chi connectivity index (χ1n) is 8.73. The molecule has 0 radical (unpaired) electrons. The molecule has 1 unspecified atom stereocenters. The zero-order valence-electron chi connectivity index (χ0n) is 15.7. The van der Waals surface area contributed by atoms with E-state index in [1.807, 2.05) is 20.8 Å². The number of allylic oxidation sites excluding steroid dienone is 2. The molecule has 0 amide bonds. The van der Waals surface area contributed by atoms with Gasteiger partial charge in [-0.15, -0.1) is 0 Å². The Hall–Kier alpha value is -0.805. The number of rotatable bonds is 4. The second-order valence-corrected chi connectivity index (χ2v) is 8.28. The molecule has 1 atom stereocenters. The average molecular weight is 322 g/mol. The Morgan fingerprint density at radius 3 is 2.30 bits per heavy atom. The van der Waals surface area contributed by atoms with Gasteiger partial charge in [0.2, 0.25) is 0 Å². The first-order valence-corrected chi connectivity index (χ1v) is 8.73. The van der Waals surface area contributed by atoms with Gasteiger partial charge in [0, 0.05) is 0 Å². The Morgan fingerprint density at radius 1 is 1.30 bits per heavy atom. The molecule has 130 valence electrons. The molecule has 0 aromatic heterocycles. The number of carbonyl (C=O) groups excluding carboxylic acids is 1. The molecule has 1 heterocycles. The third kappa shape index (κ3) is 3.51. The normalized spacial score (nSPS) is 26.8. The van der Waals surface area contributed by atoms with E-state index < -0.39 is 5.41 Å². The first-order chi connectivity index (χ1) is 10.5. The molecule has 4 nitrogen and oxygen atoms in total. The Morgan fingerprint density at radius 2 is 1.87 bits per heavy atom. The summed E-state index contributed by atoms with van der Waals surface area (Å²) in [5, 5.41) is 0. The van der Waals surface area contributed by atoms with Crippen LogP contribution in [0.5, 0.6) is 0 Å². The summed E-state index contributed by atoms with van der Waals surface area (Å²) in [4.78, 5) is 12.2. The van der Waals surface area contributed by atoms with E-state index in [2.05, 4.69) is 33.8 Å². The third-order valence-electron chi connectivity index (χ3n) is 5.82. The Labute approximate surface area is 141 Å². The quantitative estimate of drug-likeness (QED) is 0.581. The molecule has 5 heteroatoms. The maximum atomic E-state index is 12.2. The highest BCUT2D eigenvalue weighted by molar-refractivity contribution is 6.54. The highest BCUT2D eigenvalue weighted by Gasteiger charge is 2.52. The number of carbonyl (C=O) groups is 1. The van der Waals surface area contributed by atoms with Gasteiger partial charge in [-0.2, -0.15) is 0 Å². The fourth-order valence-electron chi connectivity index (χ4n) is 3.20. The van der Waals surface area contributed by atoms with E-state index >= 15 is 0 Å². The minimum Gasteiger partial charge on any atom is -0.466 e. The molecule has 0 N–H and O–H groups in total. The minimum absolute atomic E-state index is 0.0996. The fraction of sp³-hybridized carbons (Fsp3) is 0.833. The second-order valence-electron chi connectivity index (χ2n) is 8.28. The number of ether oxygens (including phenoxy) is 1. The van der Waals surface area contributed by atoms with Crippen LogP contribution in [0.4, 0.5) is 0 Å². The van der Waals surface area contributed by atoms with Crippen LogP contribution in [0, 0.1) is 11.3 Å². The van der Waals surface area contributed by atoms with E-state index in [0.717, 1.165) is 19.3 Å². The van der Waals surface area contributed by atoms with Crippen LogP contribution >= 0.6 is 0 Å². The zero-order valence-corrected chi connectivity index (χ0v) is 15.7. The lowest BCUT2D eigenvalue weighted by Gasteiger charge is -2.34. The molecule has 1 aliphatic heterocycles. The van der Waals surface area contributed by atoms with Crippen LogP contribution < -0.4 is 0 Å². The standard InChI is InChI=1S/C18H31BO4/c1-8-21-15(20)16(2,3)13-9-11-14(12-10-13)19-22-17(4,5)18(6,7)23-19/h11,13H,8-10,12H2,1-7H3. The topological polar surface area (TPSA) is 44.8 Å². The summed E-state index contributed by atoms with van der Waals surface area (Å²) in [6.45, 7) is 14.6. The van der Waals surface area contributed by atoms with Crippen LogP contribution in [0.1, 0.15) is 67.7 Å². The van der Waals surface area contributed by atoms with Crippen molar-refractivity contribution in [3.05, 3.63) is 11.5 Å². The minimum atomic E-state index is -0.450. The smallest absolute Gasteiger partial charge is 0.466 e. The molecule has 0 spiro atoms. The summed E-state index contributed by atoms with van der Waals surface area (Å²) < 4.78 is 17.5. The van der Waals surface area contributed by atoms with Crippen molar-refractivity contribution in [3.63, 3.8) is 0 Å². The van der Waals surface area contributed by atoms with Crippen molar-refractivity contribution in [2.24, 2.45) is 11.3 Å². The van der Waals surface area contributed by atoms with Gasteiger partial charge in [0.1, 0.15) is 0 Å². The van der Waals surface area contributed by atoms with E-state index in [1.165, 1.54) is 5.47 Å². The van der Waals surface area contributed by atoms with Gasteiger partial charge in [-0.3, -0.25) is 4.79 Å². The van der Waals surface area contributed by atoms with Gasteiger partial charge >= 0.3 is 13.1 Å². The number of hydrogen-bond donors (Lipinski definition) is 0. The van der Waals surface area contributed by atoms with E-state index in [-0.39, 0.29) is 24.3 Å². The average Bonchev–Trinajstić information content (AvgIpc) is 2.68. The van der Waals surface area contributed by atoms with Gasteiger partial charge in [-0.1, -0.05) is 6.08 Å². The summed E-state index contributed by atoms with van der Waals surface area (Å²) >= 11 is 0. The largest absolute Gasteiger partial charge is 0.490 e. The molecule has 23 heavy (non-hydrogen) atoms. The van der Waals surface area contributed by atoms with E-state index in [4.69, 9.17) is 14.0 Å². The Bertz CT molecular complexity index is 477. The molecule has 1 fully saturated rings. The maximum absolute atomic E-state index is 12.2. The highest BCUT2D eigenvalue weighted by Crippen LogP contribution is 2.43. The summed E-state index contributed by atoms with van der Waals surface area (Å²) in [5.74, 6) is 0.199. The first kappa shape index (κ1) is 18.5.